The van der Waals surface area contributed by atoms with Gasteiger partial charge in [-0.05, 0) is 122 Å². The molecular weight excluding hydrogens is 1030 g/mol. The Labute approximate surface area is 428 Å². The number of carbonyl (C=O) groups excluding carboxylic acids is 4. The van der Waals surface area contributed by atoms with E-state index in [1.807, 2.05) is 87.0 Å². The van der Waals surface area contributed by atoms with Crippen LogP contribution in [-0.2, 0) is 19.2 Å². The number of aryl methyl sites for hydroxylation is 1. The first-order valence-corrected chi connectivity index (χ1v) is 26.3. The number of nitrogens with one attached hydrogen (secondary N) is 5. The minimum Gasteiger partial charge on any atom is -0.391 e. The van der Waals surface area contributed by atoms with Crippen LogP contribution in [0.3, 0.4) is 0 Å². The Kier molecular flexibility index (Phi) is 22.4. The summed E-state index contributed by atoms with van der Waals surface area (Å²) in [5.41, 5.74) is 5.56. The predicted molar refractivity (Wildman–Crippen MR) is 277 cm³/mol. The average molecular weight is 1100 g/mol. The molecule has 1 aliphatic heterocycles. The maximum atomic E-state index is 14.7. The normalized spacial score (nSPS) is 15.7. The van der Waals surface area contributed by atoms with Crippen LogP contribution in [0, 0.1) is 33.4 Å². The molecule has 1 saturated heterocycles. The third kappa shape index (κ3) is 17.0. The smallest absolute Gasteiger partial charge is 0.277 e. The van der Waals surface area contributed by atoms with Gasteiger partial charge in [-0.15, -0.1) is 11.3 Å². The molecule has 0 unspecified atom stereocenters. The largest absolute Gasteiger partial charge is 0.391 e. The molecule has 13 nitrogen and oxygen atoms in total. The van der Waals surface area contributed by atoms with Crippen LogP contribution < -0.4 is 26.7 Å². The van der Waals surface area contributed by atoms with Gasteiger partial charge < -0.3 is 31.3 Å². The van der Waals surface area contributed by atoms with Gasteiger partial charge in [-0.1, -0.05) is 90.0 Å². The molecule has 0 aliphatic carbocycles. The molecule has 382 valence electrons. The van der Waals surface area contributed by atoms with Gasteiger partial charge in [0.25, 0.3) is 5.91 Å². The van der Waals surface area contributed by atoms with E-state index in [1.165, 1.54) is 17.0 Å². The number of amides is 4. The fourth-order valence-electron chi connectivity index (χ4n) is 8.33. The zero-order valence-electron chi connectivity index (χ0n) is 40.9. The minimum atomic E-state index is -1.31. The number of anilines is 2. The summed E-state index contributed by atoms with van der Waals surface area (Å²) in [6, 6.07) is 12.1. The maximum Gasteiger partial charge on any atom is 0.277 e. The second-order valence-electron chi connectivity index (χ2n) is 19.1. The fraction of sp³-hybridized carbons (Fsp3) is 0.519. The average Bonchev–Trinajstić information content (AvgIpc) is 3.94. The lowest BCUT2D eigenvalue weighted by Gasteiger charge is -2.35. The molecule has 2 heterocycles. The van der Waals surface area contributed by atoms with Gasteiger partial charge in [0.1, 0.15) is 17.9 Å². The molecule has 1 aromatic heterocycles. The van der Waals surface area contributed by atoms with Crippen molar-refractivity contribution in [2.24, 2.45) is 5.41 Å². The Morgan fingerprint density at radius 2 is 1.53 bits per heavy atom. The van der Waals surface area contributed by atoms with Crippen LogP contribution in [0.5, 0.6) is 0 Å². The van der Waals surface area contributed by atoms with E-state index in [-0.39, 0.29) is 54.6 Å². The van der Waals surface area contributed by atoms with Gasteiger partial charge >= 0.3 is 0 Å². The summed E-state index contributed by atoms with van der Waals surface area (Å²) in [4.78, 5) is 65.7. The van der Waals surface area contributed by atoms with E-state index in [0.717, 1.165) is 105 Å². The molecular formula is C52H69F3IN7O6S. The van der Waals surface area contributed by atoms with E-state index in [2.05, 4.69) is 31.7 Å². The van der Waals surface area contributed by atoms with Crippen LogP contribution in [0.1, 0.15) is 139 Å². The van der Waals surface area contributed by atoms with Gasteiger partial charge in [-0.2, -0.15) is 0 Å². The van der Waals surface area contributed by atoms with Crippen LogP contribution in [-0.4, -0.2) is 83.0 Å². The van der Waals surface area contributed by atoms with Crippen molar-refractivity contribution in [3.8, 4) is 10.4 Å². The number of hydrogen-bond donors (Lipinski definition) is 6. The van der Waals surface area contributed by atoms with E-state index < -0.39 is 52.6 Å². The Morgan fingerprint density at radius 3 is 2.17 bits per heavy atom. The van der Waals surface area contributed by atoms with E-state index >= 15 is 0 Å². The molecule has 4 amide bonds. The van der Waals surface area contributed by atoms with Gasteiger partial charge in [0.15, 0.2) is 11.6 Å². The van der Waals surface area contributed by atoms with Crippen molar-refractivity contribution in [1.29, 1.82) is 0 Å². The maximum absolute atomic E-state index is 14.7. The Morgan fingerprint density at radius 1 is 0.871 bits per heavy atom. The molecule has 0 bridgehead atoms. The monoisotopic (exact) mass is 1100 g/mol. The number of aliphatic hydroxyl groups excluding tert-OH is 1. The number of carbonyl (C=O) groups is 4. The number of likely N-dealkylation sites (tertiary alicyclic amines) is 1. The number of hydrogen-bond acceptors (Lipinski definition) is 10. The lowest BCUT2D eigenvalue weighted by atomic mass is 9.85. The molecule has 5 rings (SSSR count). The lowest BCUT2D eigenvalue weighted by molar-refractivity contribution is -0.144. The minimum absolute atomic E-state index is 0.0212. The number of rotatable bonds is 27. The molecule has 1 aliphatic rings. The summed E-state index contributed by atoms with van der Waals surface area (Å²) in [6.45, 7) is 11.5. The van der Waals surface area contributed by atoms with Gasteiger partial charge in [0.05, 0.1) is 51.8 Å². The second kappa shape index (κ2) is 27.8. The third-order valence-corrected chi connectivity index (χ3v) is 14.0. The Balaban J connectivity index is 0.885. The standard InChI is InChI=1S/C52H69F3IN7O6S/c1-33(35-18-20-36(21-19-35)47-34(2)58-32-70-47)59-50(67)43-30-38(64)31-63(43)51(68)48(52(3,4)5)61-44(65)17-13-11-9-7-6-8-10-12-14-26-57-27-15-16-28-69-62-49(66)39-23-24-40(53)45(55)46(39)60-42-25-22-37(56)29-41(42)54/h18-25,29,32-33,38,43,48,57,60,64H,6-17,26-28,30-31H2,1-5H3,(H,59,67)(H,61,65)(H,62,66)/t33-,38+,43-,48+/m0/s1. The number of nitrogens with zero attached hydrogens (tertiary/aromatic N) is 2. The highest BCUT2D eigenvalue weighted by atomic mass is 127. The molecule has 0 saturated carbocycles. The molecule has 4 aromatic rings. The quantitative estimate of drug-likeness (QED) is 0.0193. The lowest BCUT2D eigenvalue weighted by Crippen LogP contribution is -2.57. The first-order chi connectivity index (χ1) is 33.4. The van der Waals surface area contributed by atoms with Crippen molar-refractivity contribution >= 4 is 68.9 Å². The molecule has 18 heteroatoms. The van der Waals surface area contributed by atoms with E-state index in [4.69, 9.17) is 4.84 Å². The van der Waals surface area contributed by atoms with Crippen molar-refractivity contribution in [2.75, 3.05) is 31.6 Å². The Hall–Kier alpha value is -4.63. The third-order valence-electron chi connectivity index (χ3n) is 12.4. The first kappa shape index (κ1) is 56.3. The van der Waals surface area contributed by atoms with Crippen LogP contribution in [0.2, 0.25) is 0 Å². The Bertz CT molecular complexity index is 2350. The molecule has 0 radical (unpaired) electrons. The number of unbranched alkanes of at least 4 members (excludes halogenated alkanes) is 9. The SMILES string of the molecule is Cc1ncsc1-c1ccc([C@H](C)NC(=O)[C@@H]2C[C@@H](O)CN2C(=O)[C@@H](NC(=O)CCCCCCCCCCCNCCCCONC(=O)c2ccc(F)c(F)c2Nc2ccc(I)cc2F)C(C)(C)C)cc1. The van der Waals surface area contributed by atoms with Crippen LogP contribution in [0.25, 0.3) is 10.4 Å². The highest BCUT2D eigenvalue weighted by molar-refractivity contribution is 14.1. The molecule has 1 fully saturated rings. The number of aliphatic hydroxyl groups is 1. The zero-order valence-corrected chi connectivity index (χ0v) is 43.9. The predicted octanol–water partition coefficient (Wildman–Crippen LogP) is 10.2. The second-order valence-corrected chi connectivity index (χ2v) is 21.2. The number of benzene rings is 3. The van der Waals surface area contributed by atoms with E-state index in [0.29, 0.717) is 22.8 Å². The summed E-state index contributed by atoms with van der Waals surface area (Å²) >= 11 is 3.51. The number of aromatic nitrogens is 1. The summed E-state index contributed by atoms with van der Waals surface area (Å²) in [5.74, 6) is -4.86. The number of β-amino-alcohol motifs (C(OH)–C–C–N with tert-alkyl or cyclic N) is 1. The molecule has 6 N–H and O–H groups in total. The van der Waals surface area contributed by atoms with E-state index in [9.17, 15) is 37.5 Å². The van der Waals surface area contributed by atoms with Gasteiger partial charge in [0.2, 0.25) is 17.7 Å². The van der Waals surface area contributed by atoms with Crippen LogP contribution in [0.4, 0.5) is 24.5 Å². The fourth-order valence-corrected chi connectivity index (χ4v) is 9.59. The highest BCUT2D eigenvalue weighted by Gasteiger charge is 2.44. The van der Waals surface area contributed by atoms with E-state index in [1.54, 1.807) is 17.4 Å². The van der Waals surface area contributed by atoms with Crippen molar-refractivity contribution in [3.63, 3.8) is 0 Å². The van der Waals surface area contributed by atoms with Crippen molar-refractivity contribution in [2.45, 2.75) is 142 Å². The molecule has 0 spiro atoms. The molecule has 4 atom stereocenters. The molecule has 3 aromatic carbocycles. The summed E-state index contributed by atoms with van der Waals surface area (Å²) in [7, 11) is 0. The number of hydroxylamine groups is 1. The number of thiazole rings is 1. The number of halogens is 4. The zero-order chi connectivity index (χ0) is 50.8. The molecule has 70 heavy (non-hydrogen) atoms. The van der Waals surface area contributed by atoms with Crippen LogP contribution >= 0.6 is 33.9 Å². The topological polar surface area (TPSA) is 174 Å². The van der Waals surface area contributed by atoms with Gasteiger partial charge in [-0.3, -0.25) is 24.0 Å². The highest BCUT2D eigenvalue weighted by Crippen LogP contribution is 2.31. The first-order valence-electron chi connectivity index (χ1n) is 24.4. The van der Waals surface area contributed by atoms with Gasteiger partial charge in [-0.25, -0.2) is 23.6 Å². The van der Waals surface area contributed by atoms with Crippen molar-refractivity contribution in [1.82, 2.24) is 31.3 Å². The van der Waals surface area contributed by atoms with Crippen molar-refractivity contribution < 1.29 is 42.3 Å². The van der Waals surface area contributed by atoms with Gasteiger partial charge in [0, 0.05) is 23.0 Å². The van der Waals surface area contributed by atoms with Crippen LogP contribution in [0.15, 0.2) is 60.1 Å². The summed E-state index contributed by atoms with van der Waals surface area (Å²) in [6.07, 6.45) is 10.4. The summed E-state index contributed by atoms with van der Waals surface area (Å²) in [5, 5.41) is 22.6. The van der Waals surface area contributed by atoms with Crippen molar-refractivity contribution in [3.05, 3.63) is 98.0 Å². The summed E-state index contributed by atoms with van der Waals surface area (Å²) < 4.78 is 43.7.